The molecule has 1 aliphatic carbocycles. The number of amides is 2. The summed E-state index contributed by atoms with van der Waals surface area (Å²) >= 11 is 3.42. The van der Waals surface area contributed by atoms with E-state index < -0.39 is 34.3 Å². The molecule has 0 unspecified atom stereocenters. The van der Waals surface area contributed by atoms with Crippen LogP contribution in [0.25, 0.3) is 0 Å². The number of nitrogens with zero attached hydrogens (tertiary/aromatic N) is 2. The van der Waals surface area contributed by atoms with Crippen molar-refractivity contribution in [3.8, 4) is 0 Å². The third kappa shape index (κ3) is 7.76. The van der Waals surface area contributed by atoms with Gasteiger partial charge in [0.1, 0.15) is 18.4 Å². The Kier molecular flexibility index (Phi) is 9.29. The maximum Gasteiger partial charge on any atom is 0.244 e. The van der Waals surface area contributed by atoms with Crippen LogP contribution in [-0.4, -0.2) is 50.0 Å². The lowest BCUT2D eigenvalue weighted by molar-refractivity contribution is -0.139. The van der Waals surface area contributed by atoms with Gasteiger partial charge in [-0.25, -0.2) is 12.8 Å². The highest BCUT2D eigenvalue weighted by Gasteiger charge is 2.31. The summed E-state index contributed by atoms with van der Waals surface area (Å²) in [6.07, 6.45) is 6.07. The average Bonchev–Trinajstić information content (AvgIpc) is 2.81. The van der Waals surface area contributed by atoms with Crippen LogP contribution in [0.1, 0.15) is 44.6 Å². The van der Waals surface area contributed by atoms with Gasteiger partial charge in [-0.1, -0.05) is 47.3 Å². The van der Waals surface area contributed by atoms with Crippen molar-refractivity contribution >= 4 is 43.5 Å². The number of anilines is 1. The Morgan fingerprint density at radius 3 is 2.37 bits per heavy atom. The Morgan fingerprint density at radius 1 is 1.11 bits per heavy atom. The van der Waals surface area contributed by atoms with Crippen LogP contribution in [0.2, 0.25) is 0 Å². The summed E-state index contributed by atoms with van der Waals surface area (Å²) in [6.45, 7) is 1.26. The zero-order chi connectivity index (χ0) is 25.6. The number of rotatable bonds is 9. The van der Waals surface area contributed by atoms with E-state index in [-0.39, 0.29) is 24.2 Å². The Balaban J connectivity index is 1.86. The summed E-state index contributed by atoms with van der Waals surface area (Å²) in [7, 11) is -3.85. The lowest BCUT2D eigenvalue weighted by Crippen LogP contribution is -2.52. The molecule has 0 saturated heterocycles. The van der Waals surface area contributed by atoms with Crippen molar-refractivity contribution in [2.24, 2.45) is 0 Å². The second-order valence-corrected chi connectivity index (χ2v) is 11.7. The minimum atomic E-state index is -3.85. The first-order valence-corrected chi connectivity index (χ1v) is 14.3. The molecule has 2 aromatic carbocycles. The fourth-order valence-electron chi connectivity index (χ4n) is 4.20. The van der Waals surface area contributed by atoms with Crippen molar-refractivity contribution in [1.82, 2.24) is 10.2 Å². The topological polar surface area (TPSA) is 86.8 Å². The smallest absolute Gasteiger partial charge is 0.244 e. The van der Waals surface area contributed by atoms with Gasteiger partial charge in [0.15, 0.2) is 0 Å². The highest BCUT2D eigenvalue weighted by atomic mass is 79.9. The van der Waals surface area contributed by atoms with E-state index in [0.29, 0.717) is 0 Å². The number of sulfonamides is 1. The normalized spacial score (nSPS) is 15.3. The van der Waals surface area contributed by atoms with Gasteiger partial charge in [0, 0.05) is 17.1 Å². The minimum Gasteiger partial charge on any atom is -0.352 e. The molecule has 0 spiro atoms. The van der Waals surface area contributed by atoms with Gasteiger partial charge in [-0.15, -0.1) is 0 Å². The quantitative estimate of drug-likeness (QED) is 0.491. The maximum atomic E-state index is 13.5. The summed E-state index contributed by atoms with van der Waals surface area (Å²) in [5.41, 5.74) is 0.960. The first-order valence-electron chi connectivity index (χ1n) is 11.6. The summed E-state index contributed by atoms with van der Waals surface area (Å²) in [5.74, 6) is -1.32. The van der Waals surface area contributed by atoms with E-state index in [9.17, 15) is 22.4 Å². The lowest BCUT2D eigenvalue weighted by Gasteiger charge is -2.33. The molecule has 0 aromatic heterocycles. The van der Waals surface area contributed by atoms with E-state index in [1.54, 1.807) is 6.92 Å². The van der Waals surface area contributed by atoms with Crippen LogP contribution in [0, 0.1) is 5.82 Å². The zero-order valence-corrected chi connectivity index (χ0v) is 22.3. The van der Waals surface area contributed by atoms with Gasteiger partial charge in [-0.3, -0.25) is 13.9 Å². The molecule has 1 fully saturated rings. The van der Waals surface area contributed by atoms with Gasteiger partial charge in [0.2, 0.25) is 21.8 Å². The Bertz CT molecular complexity index is 1140. The van der Waals surface area contributed by atoms with E-state index in [4.69, 9.17) is 0 Å². The fraction of sp³-hybridized carbons (Fsp3) is 0.440. The Hall–Kier alpha value is -2.46. The number of carbonyl (C=O) groups is 2. The van der Waals surface area contributed by atoms with Gasteiger partial charge in [0.25, 0.3) is 0 Å². The van der Waals surface area contributed by atoms with E-state index >= 15 is 0 Å². The van der Waals surface area contributed by atoms with E-state index in [0.717, 1.165) is 64.8 Å². The molecule has 1 N–H and O–H groups in total. The molecular weight excluding hydrogens is 537 g/mol. The second kappa shape index (κ2) is 12.0. The van der Waals surface area contributed by atoms with Gasteiger partial charge in [-0.2, -0.15) is 0 Å². The highest BCUT2D eigenvalue weighted by Crippen LogP contribution is 2.21. The molecule has 0 heterocycles. The fourth-order valence-corrected chi connectivity index (χ4v) is 5.50. The van der Waals surface area contributed by atoms with Crippen molar-refractivity contribution in [3.05, 3.63) is 64.4 Å². The van der Waals surface area contributed by atoms with E-state index in [1.807, 2.05) is 24.3 Å². The molecule has 10 heteroatoms. The van der Waals surface area contributed by atoms with Crippen LogP contribution < -0.4 is 9.62 Å². The summed E-state index contributed by atoms with van der Waals surface area (Å²) in [4.78, 5) is 28.0. The van der Waals surface area contributed by atoms with Gasteiger partial charge >= 0.3 is 0 Å². The summed E-state index contributed by atoms with van der Waals surface area (Å²) in [6, 6.07) is 11.5. The molecule has 0 radical (unpaired) electrons. The third-order valence-electron chi connectivity index (χ3n) is 6.15. The molecule has 2 aromatic rings. The monoisotopic (exact) mass is 567 g/mol. The number of hydrogen-bond donors (Lipinski definition) is 1. The molecule has 0 aliphatic heterocycles. The molecule has 1 aliphatic rings. The maximum absolute atomic E-state index is 13.5. The van der Waals surface area contributed by atoms with Crippen molar-refractivity contribution in [2.45, 2.75) is 57.7 Å². The predicted molar refractivity (Wildman–Crippen MR) is 138 cm³/mol. The van der Waals surface area contributed by atoms with Crippen molar-refractivity contribution in [2.75, 3.05) is 17.1 Å². The molecule has 3 rings (SSSR count). The largest absolute Gasteiger partial charge is 0.352 e. The van der Waals surface area contributed by atoms with Crippen LogP contribution in [0.15, 0.2) is 53.0 Å². The molecule has 2 amide bonds. The predicted octanol–water partition coefficient (Wildman–Crippen LogP) is 4.22. The summed E-state index contributed by atoms with van der Waals surface area (Å²) < 4.78 is 40.2. The highest BCUT2D eigenvalue weighted by molar-refractivity contribution is 9.10. The lowest BCUT2D eigenvalue weighted by atomic mass is 9.95. The third-order valence-corrected chi connectivity index (χ3v) is 7.79. The first-order chi connectivity index (χ1) is 16.5. The van der Waals surface area contributed by atoms with Gasteiger partial charge in [0.05, 0.1) is 11.9 Å². The van der Waals surface area contributed by atoms with Crippen LogP contribution in [0.3, 0.4) is 0 Å². The zero-order valence-electron chi connectivity index (χ0n) is 19.9. The number of nitrogens with one attached hydrogen (secondary N) is 1. The second-order valence-electron chi connectivity index (χ2n) is 8.92. The van der Waals surface area contributed by atoms with Crippen LogP contribution in [0.5, 0.6) is 0 Å². The van der Waals surface area contributed by atoms with Crippen LogP contribution in [0.4, 0.5) is 10.1 Å². The number of benzene rings is 2. The first kappa shape index (κ1) is 27.1. The van der Waals surface area contributed by atoms with Crippen molar-refractivity contribution < 1.29 is 22.4 Å². The Morgan fingerprint density at radius 2 is 1.77 bits per heavy atom. The molecule has 35 heavy (non-hydrogen) atoms. The molecule has 0 bridgehead atoms. The van der Waals surface area contributed by atoms with E-state index in [2.05, 4.69) is 21.2 Å². The molecule has 1 atom stereocenters. The standard InChI is InChI=1S/C25H31BrFN3O4S/c1-18(25(32)28-22-9-4-3-5-10-22)29(16-19-7-6-8-20(26)15-19)24(31)17-30(35(2,33)34)23-13-11-21(27)12-14-23/h6-8,11-15,18,22H,3-5,9-10,16-17H2,1-2H3,(H,28,32)/t18-/m0/s1. The number of hydrogen-bond acceptors (Lipinski definition) is 4. The Labute approximate surface area is 214 Å². The molecular formula is C25H31BrFN3O4S. The molecule has 7 nitrogen and oxygen atoms in total. The minimum absolute atomic E-state index is 0.0771. The van der Waals surface area contributed by atoms with Crippen molar-refractivity contribution in [1.29, 1.82) is 0 Å². The van der Waals surface area contributed by atoms with Gasteiger partial charge in [-0.05, 0) is 61.7 Å². The summed E-state index contributed by atoms with van der Waals surface area (Å²) in [5, 5.41) is 3.06. The average molecular weight is 569 g/mol. The van der Waals surface area contributed by atoms with E-state index in [1.165, 1.54) is 17.0 Å². The van der Waals surface area contributed by atoms with Crippen LogP contribution >= 0.6 is 15.9 Å². The SMILES string of the molecule is C[C@@H](C(=O)NC1CCCCC1)N(Cc1cccc(Br)c1)C(=O)CN(c1ccc(F)cc1)S(C)(=O)=O. The number of carbonyl (C=O) groups excluding carboxylic acids is 2. The van der Waals surface area contributed by atoms with Crippen molar-refractivity contribution in [3.63, 3.8) is 0 Å². The van der Waals surface area contributed by atoms with Gasteiger partial charge < -0.3 is 10.2 Å². The molecule has 1 saturated carbocycles. The van der Waals surface area contributed by atoms with Crippen LogP contribution in [-0.2, 0) is 26.2 Å². The molecule has 190 valence electrons. The number of halogens is 2.